The van der Waals surface area contributed by atoms with E-state index < -0.39 is 40.6 Å². The number of hydrogen-bond donors (Lipinski definition) is 1. The number of methoxy groups -OCH3 is 2. The van der Waals surface area contributed by atoms with Gasteiger partial charge in [0.15, 0.2) is 5.56 Å². The number of aryl methyl sites for hydroxylation is 1. The van der Waals surface area contributed by atoms with E-state index in [1.807, 2.05) is 6.92 Å². The number of aromatic hydroxyl groups is 1. The van der Waals surface area contributed by atoms with Crippen LogP contribution in [-0.2, 0) is 6.42 Å². The molecule has 1 N–H and O–H groups in total. The van der Waals surface area contributed by atoms with Crippen LogP contribution in [0.25, 0.3) is 5.69 Å². The van der Waals surface area contributed by atoms with Gasteiger partial charge in [0, 0.05) is 44.5 Å². The van der Waals surface area contributed by atoms with Crippen LogP contribution in [0, 0.1) is 11.6 Å². The number of amides is 1. The van der Waals surface area contributed by atoms with Gasteiger partial charge in [0.25, 0.3) is 11.5 Å². The van der Waals surface area contributed by atoms with Gasteiger partial charge >= 0.3 is 0 Å². The predicted molar refractivity (Wildman–Crippen MR) is 144 cm³/mol. The van der Waals surface area contributed by atoms with Gasteiger partial charge in [0.05, 0.1) is 14.2 Å². The Morgan fingerprint density at radius 3 is 2.38 bits per heavy atom. The molecule has 0 bridgehead atoms. The molecule has 0 spiro atoms. The fraction of sp³-hybridized carbons (Fsp3) is 0.393. The molecule has 0 radical (unpaired) electrons. The van der Waals surface area contributed by atoms with E-state index in [9.17, 15) is 23.5 Å². The molecule has 1 aliphatic heterocycles. The minimum absolute atomic E-state index is 0.123. The number of nitrogens with zero attached hydrogens (tertiary/aromatic N) is 3. The molecule has 12 heteroatoms. The lowest BCUT2D eigenvalue weighted by Crippen LogP contribution is -2.43. The third kappa shape index (κ3) is 5.84. The molecule has 1 saturated heterocycles. The van der Waals surface area contributed by atoms with Crippen molar-refractivity contribution in [1.82, 2.24) is 14.5 Å². The van der Waals surface area contributed by atoms with Crippen LogP contribution in [-0.4, -0.2) is 58.9 Å². The van der Waals surface area contributed by atoms with Gasteiger partial charge in [-0.25, -0.2) is 8.78 Å². The molecular weight excluding hydrogens is 548 g/mol. The van der Waals surface area contributed by atoms with Gasteiger partial charge in [0.2, 0.25) is 5.88 Å². The molecule has 1 fully saturated rings. The first-order chi connectivity index (χ1) is 19.2. The minimum Gasteiger partial charge on any atom is -0.494 e. The summed E-state index contributed by atoms with van der Waals surface area (Å²) in [7, 11) is 2.92. The number of carbonyl (C=O) groups is 1. The summed E-state index contributed by atoms with van der Waals surface area (Å²) in [5, 5.41) is 11.1. The van der Waals surface area contributed by atoms with Gasteiger partial charge in [0.1, 0.15) is 51.5 Å². The Kier molecular flexibility index (Phi) is 9.14. The lowest BCUT2D eigenvalue weighted by Gasteiger charge is -2.32. The van der Waals surface area contributed by atoms with Crippen LogP contribution in [0.4, 0.5) is 8.78 Å². The first-order valence-corrected chi connectivity index (χ1v) is 13.2. The second-order valence-electron chi connectivity index (χ2n) is 9.29. The van der Waals surface area contributed by atoms with Gasteiger partial charge in [-0.1, -0.05) is 31.0 Å². The van der Waals surface area contributed by atoms with Crippen LogP contribution in [0.15, 0.2) is 35.1 Å². The van der Waals surface area contributed by atoms with E-state index in [0.717, 1.165) is 12.5 Å². The highest BCUT2D eigenvalue weighted by Crippen LogP contribution is 2.37. The molecule has 0 atom stereocenters. The smallest absolute Gasteiger partial charge is 0.289 e. The monoisotopic (exact) mass is 577 g/mol. The van der Waals surface area contributed by atoms with Crippen molar-refractivity contribution < 1.29 is 32.9 Å². The summed E-state index contributed by atoms with van der Waals surface area (Å²) in [5.74, 6) is -2.19. The number of carbonyl (C=O) groups excluding carboxylic acids is 1. The fourth-order valence-electron chi connectivity index (χ4n) is 4.66. The van der Waals surface area contributed by atoms with E-state index >= 15 is 0 Å². The minimum atomic E-state index is -0.933. The summed E-state index contributed by atoms with van der Waals surface area (Å²) in [6, 6.07) is 6.72. The van der Waals surface area contributed by atoms with Crippen molar-refractivity contribution in [3.63, 3.8) is 0 Å². The Labute approximate surface area is 234 Å². The lowest BCUT2D eigenvalue weighted by atomic mass is 10.1. The largest absolute Gasteiger partial charge is 0.494 e. The van der Waals surface area contributed by atoms with Gasteiger partial charge in [-0.3, -0.25) is 14.2 Å². The Balaban J connectivity index is 1.65. The molecule has 0 aliphatic carbocycles. The number of rotatable bonds is 9. The lowest BCUT2D eigenvalue weighted by molar-refractivity contribution is 0.0589. The molecule has 1 amide bonds. The molecule has 3 aromatic rings. The SMILES string of the molecule is CCCCc1nc(=O)c(C(=O)N2CCC(Oc3cc(F)cc(F)c3Cl)CC2)c(O)n1-c1c(OC)cccc1OC. The second-order valence-corrected chi connectivity index (χ2v) is 9.67. The maximum Gasteiger partial charge on any atom is 0.289 e. The molecule has 9 nitrogen and oxygen atoms in total. The number of likely N-dealkylation sites (tertiary alicyclic amines) is 1. The van der Waals surface area contributed by atoms with Gasteiger partial charge in [-0.15, -0.1) is 0 Å². The van der Waals surface area contributed by atoms with E-state index in [0.29, 0.717) is 48.9 Å². The Hall–Kier alpha value is -3.86. The molecule has 2 aromatic carbocycles. The summed E-state index contributed by atoms with van der Waals surface area (Å²) < 4.78 is 45.5. The quantitative estimate of drug-likeness (QED) is 0.360. The number of para-hydroxylation sites is 1. The van der Waals surface area contributed by atoms with E-state index in [4.69, 9.17) is 25.8 Å². The zero-order valence-corrected chi connectivity index (χ0v) is 23.1. The molecule has 0 saturated carbocycles. The molecule has 214 valence electrons. The van der Waals surface area contributed by atoms with E-state index in [2.05, 4.69) is 4.98 Å². The van der Waals surface area contributed by atoms with Crippen molar-refractivity contribution in [2.75, 3.05) is 27.3 Å². The third-order valence-corrected chi connectivity index (χ3v) is 7.08. The van der Waals surface area contributed by atoms with Gasteiger partial charge < -0.3 is 24.2 Å². The summed E-state index contributed by atoms with van der Waals surface area (Å²) in [6.07, 6.45) is 1.99. The molecule has 2 heterocycles. The zero-order valence-electron chi connectivity index (χ0n) is 22.4. The van der Waals surface area contributed by atoms with Gasteiger partial charge in [-0.2, -0.15) is 4.98 Å². The maximum absolute atomic E-state index is 13.8. The normalized spacial score (nSPS) is 13.8. The number of unbranched alkanes of at least 4 members (excludes halogenated alkanes) is 1. The molecule has 1 aromatic heterocycles. The van der Waals surface area contributed by atoms with Crippen molar-refractivity contribution in [1.29, 1.82) is 0 Å². The number of aromatic nitrogens is 2. The Morgan fingerprint density at radius 1 is 1.12 bits per heavy atom. The molecule has 0 unspecified atom stereocenters. The van der Waals surface area contributed by atoms with Crippen molar-refractivity contribution >= 4 is 17.5 Å². The maximum atomic E-state index is 13.8. The zero-order chi connectivity index (χ0) is 29.0. The Bertz CT molecular complexity index is 1430. The van der Waals surface area contributed by atoms with Crippen LogP contribution >= 0.6 is 11.6 Å². The Morgan fingerprint density at radius 2 is 1.77 bits per heavy atom. The molecular formula is C28H30ClF2N3O6. The second kappa shape index (κ2) is 12.5. The predicted octanol–water partition coefficient (Wildman–Crippen LogP) is 4.91. The van der Waals surface area contributed by atoms with Crippen molar-refractivity contribution in [2.24, 2.45) is 0 Å². The number of ether oxygens (including phenoxy) is 3. The van der Waals surface area contributed by atoms with Crippen molar-refractivity contribution in [3.05, 3.63) is 68.7 Å². The average Bonchev–Trinajstić information content (AvgIpc) is 2.94. The first kappa shape index (κ1) is 29.1. The first-order valence-electron chi connectivity index (χ1n) is 12.9. The number of piperidine rings is 1. The van der Waals surface area contributed by atoms with Crippen LogP contribution in [0.2, 0.25) is 5.02 Å². The van der Waals surface area contributed by atoms with E-state index in [1.165, 1.54) is 23.7 Å². The average molecular weight is 578 g/mol. The summed E-state index contributed by atoms with van der Waals surface area (Å²) in [5.41, 5.74) is -1.02. The number of hydrogen-bond acceptors (Lipinski definition) is 7. The molecule has 4 rings (SSSR count). The fourth-order valence-corrected chi connectivity index (χ4v) is 4.82. The van der Waals surface area contributed by atoms with E-state index in [1.54, 1.807) is 18.2 Å². The highest BCUT2D eigenvalue weighted by Gasteiger charge is 2.32. The molecule has 40 heavy (non-hydrogen) atoms. The number of halogens is 3. The summed E-state index contributed by atoms with van der Waals surface area (Å²) >= 11 is 5.91. The summed E-state index contributed by atoms with van der Waals surface area (Å²) in [4.78, 5) is 32.3. The molecule has 1 aliphatic rings. The summed E-state index contributed by atoms with van der Waals surface area (Å²) in [6.45, 7) is 2.30. The van der Waals surface area contributed by atoms with E-state index in [-0.39, 0.29) is 29.7 Å². The van der Waals surface area contributed by atoms with Crippen molar-refractivity contribution in [3.8, 4) is 28.8 Å². The highest BCUT2D eigenvalue weighted by molar-refractivity contribution is 6.32. The van der Waals surface area contributed by atoms with Crippen LogP contribution < -0.4 is 19.8 Å². The van der Waals surface area contributed by atoms with Crippen LogP contribution in [0.3, 0.4) is 0 Å². The van der Waals surface area contributed by atoms with Crippen molar-refractivity contribution in [2.45, 2.75) is 45.1 Å². The standard InChI is InChI=1S/C28H30ClF2N3O6/c1-4-5-9-22-32-26(35)23(28(37)34(22)25-19(38-2)7-6-8-20(25)39-3)27(36)33-12-10-17(11-13-33)40-21-15-16(30)14-18(31)24(21)29/h6-8,14-15,17,37H,4-5,9-13H2,1-3H3. The third-order valence-electron chi connectivity index (χ3n) is 6.71. The van der Waals surface area contributed by atoms with Gasteiger partial charge in [-0.05, 0) is 18.6 Å². The topological polar surface area (TPSA) is 103 Å². The number of benzene rings is 2. The highest BCUT2D eigenvalue weighted by atomic mass is 35.5. The van der Waals surface area contributed by atoms with Crippen LogP contribution in [0.5, 0.6) is 23.1 Å². The van der Waals surface area contributed by atoms with Crippen LogP contribution in [0.1, 0.15) is 48.8 Å².